The van der Waals surface area contributed by atoms with Gasteiger partial charge in [0.1, 0.15) is 11.6 Å². The second-order valence-corrected chi connectivity index (χ2v) is 4.68. The van der Waals surface area contributed by atoms with Gasteiger partial charge >= 0.3 is 0 Å². The minimum absolute atomic E-state index is 0.215. The lowest BCUT2D eigenvalue weighted by molar-refractivity contribution is 0.359. The highest BCUT2D eigenvalue weighted by atomic mass is 15.0. The third kappa shape index (κ3) is 2.91. The zero-order valence-corrected chi connectivity index (χ0v) is 9.33. The average Bonchev–Trinajstić information content (AvgIpc) is 2.02. The Kier molecular flexibility index (Phi) is 2.99. The average molecular weight is 193 g/mol. The van der Waals surface area contributed by atoms with Crippen molar-refractivity contribution in [3.8, 4) is 0 Å². The lowest BCUT2D eigenvalue weighted by atomic mass is 9.88. The molecule has 1 aromatic heterocycles. The van der Waals surface area contributed by atoms with Crippen molar-refractivity contribution in [1.82, 2.24) is 4.98 Å². The molecule has 1 rings (SSSR count). The molecule has 3 N–H and O–H groups in total. The van der Waals surface area contributed by atoms with E-state index in [2.05, 4.69) is 38.0 Å². The van der Waals surface area contributed by atoms with E-state index in [1.165, 1.54) is 0 Å². The number of hydrogen-bond donors (Lipinski definition) is 2. The molecule has 1 unspecified atom stereocenters. The summed E-state index contributed by atoms with van der Waals surface area (Å²) in [6.45, 7) is 8.72. The molecule has 0 spiro atoms. The minimum atomic E-state index is 0.215. The number of hydrogen-bond acceptors (Lipinski definition) is 3. The maximum absolute atomic E-state index is 5.59. The first-order valence-corrected chi connectivity index (χ1v) is 4.88. The highest BCUT2D eigenvalue weighted by Crippen LogP contribution is 2.22. The molecule has 1 atom stereocenters. The maximum Gasteiger partial charge on any atom is 0.128 e. The molecule has 0 aliphatic carbocycles. The van der Waals surface area contributed by atoms with Crippen LogP contribution in [0.5, 0.6) is 0 Å². The van der Waals surface area contributed by atoms with E-state index < -0.39 is 0 Å². The summed E-state index contributed by atoms with van der Waals surface area (Å²) in [7, 11) is 0. The van der Waals surface area contributed by atoms with Gasteiger partial charge in [0.2, 0.25) is 0 Å². The number of nitrogen functional groups attached to an aromatic ring is 1. The van der Waals surface area contributed by atoms with Crippen molar-refractivity contribution in [2.24, 2.45) is 5.41 Å². The molecule has 3 heteroatoms. The first-order valence-electron chi connectivity index (χ1n) is 4.88. The van der Waals surface area contributed by atoms with Crippen molar-refractivity contribution in [3.05, 3.63) is 18.2 Å². The molecule has 0 aliphatic rings. The summed E-state index contributed by atoms with van der Waals surface area (Å²) in [4.78, 5) is 4.19. The number of nitrogens with one attached hydrogen (secondary N) is 1. The second kappa shape index (κ2) is 3.86. The van der Waals surface area contributed by atoms with Crippen LogP contribution in [0.25, 0.3) is 0 Å². The first-order chi connectivity index (χ1) is 6.39. The predicted octanol–water partition coefficient (Wildman–Crippen LogP) is 2.51. The number of anilines is 2. The third-order valence-corrected chi connectivity index (χ3v) is 2.43. The van der Waals surface area contributed by atoms with Gasteiger partial charge in [-0.15, -0.1) is 0 Å². The zero-order chi connectivity index (χ0) is 10.8. The van der Waals surface area contributed by atoms with E-state index in [9.17, 15) is 0 Å². The fourth-order valence-electron chi connectivity index (χ4n) is 0.970. The van der Waals surface area contributed by atoms with Gasteiger partial charge in [-0.1, -0.05) is 26.8 Å². The van der Waals surface area contributed by atoms with E-state index in [1.807, 2.05) is 12.1 Å². The monoisotopic (exact) mass is 193 g/mol. The smallest absolute Gasteiger partial charge is 0.128 e. The highest BCUT2D eigenvalue weighted by molar-refractivity contribution is 5.42. The lowest BCUT2D eigenvalue weighted by Crippen LogP contribution is -2.31. The molecule has 0 bridgehead atoms. The van der Waals surface area contributed by atoms with Crippen molar-refractivity contribution in [2.45, 2.75) is 33.7 Å². The predicted molar refractivity (Wildman–Crippen MR) is 61.2 cm³/mol. The van der Waals surface area contributed by atoms with Gasteiger partial charge in [-0.2, -0.15) is 0 Å². The number of aromatic nitrogens is 1. The van der Waals surface area contributed by atoms with Gasteiger partial charge in [0, 0.05) is 6.04 Å². The van der Waals surface area contributed by atoms with Gasteiger partial charge < -0.3 is 11.1 Å². The third-order valence-electron chi connectivity index (χ3n) is 2.43. The molecule has 14 heavy (non-hydrogen) atoms. The van der Waals surface area contributed by atoms with Crippen LogP contribution in [0.15, 0.2) is 18.2 Å². The Morgan fingerprint density at radius 2 is 2.00 bits per heavy atom. The fourth-order valence-corrected chi connectivity index (χ4v) is 0.970. The van der Waals surface area contributed by atoms with Crippen LogP contribution < -0.4 is 11.1 Å². The van der Waals surface area contributed by atoms with Gasteiger partial charge in [-0.05, 0) is 24.5 Å². The van der Waals surface area contributed by atoms with Gasteiger partial charge in [-0.3, -0.25) is 0 Å². The molecule has 0 aromatic carbocycles. The Morgan fingerprint density at radius 1 is 1.36 bits per heavy atom. The molecular weight excluding hydrogens is 174 g/mol. The van der Waals surface area contributed by atoms with Crippen LogP contribution in [-0.2, 0) is 0 Å². The fraction of sp³-hybridized carbons (Fsp3) is 0.545. The molecule has 0 amide bonds. The van der Waals surface area contributed by atoms with Crippen LogP contribution in [0.4, 0.5) is 11.6 Å². The van der Waals surface area contributed by atoms with Crippen molar-refractivity contribution >= 4 is 11.6 Å². The Bertz CT molecular complexity index is 302. The van der Waals surface area contributed by atoms with Crippen molar-refractivity contribution in [2.75, 3.05) is 11.1 Å². The topological polar surface area (TPSA) is 50.9 Å². The molecule has 78 valence electrons. The molecule has 1 aromatic rings. The minimum Gasteiger partial charge on any atom is -0.384 e. The van der Waals surface area contributed by atoms with Crippen molar-refractivity contribution in [1.29, 1.82) is 0 Å². The van der Waals surface area contributed by atoms with Crippen LogP contribution in [-0.4, -0.2) is 11.0 Å². The summed E-state index contributed by atoms with van der Waals surface area (Å²) < 4.78 is 0. The first kappa shape index (κ1) is 10.8. The quantitative estimate of drug-likeness (QED) is 0.758. The summed E-state index contributed by atoms with van der Waals surface area (Å²) in [6, 6.07) is 5.97. The lowest BCUT2D eigenvalue weighted by Gasteiger charge is -2.28. The van der Waals surface area contributed by atoms with E-state index in [0.29, 0.717) is 11.9 Å². The Hall–Kier alpha value is -1.25. The summed E-state index contributed by atoms with van der Waals surface area (Å²) in [5.74, 6) is 1.39. The SMILES string of the molecule is CC(Nc1cccc(N)n1)C(C)(C)C. The molecular formula is C11H19N3. The molecule has 0 radical (unpaired) electrons. The molecule has 0 saturated heterocycles. The van der Waals surface area contributed by atoms with Crippen LogP contribution in [0, 0.1) is 5.41 Å². The van der Waals surface area contributed by atoms with Crippen molar-refractivity contribution < 1.29 is 0 Å². The van der Waals surface area contributed by atoms with Gasteiger partial charge in [0.25, 0.3) is 0 Å². The van der Waals surface area contributed by atoms with Gasteiger partial charge in [0.15, 0.2) is 0 Å². The van der Waals surface area contributed by atoms with Crippen LogP contribution >= 0.6 is 0 Å². The summed E-state index contributed by atoms with van der Waals surface area (Å²) in [6.07, 6.45) is 0. The number of nitrogens with two attached hydrogens (primary N) is 1. The van der Waals surface area contributed by atoms with Crippen LogP contribution in [0.2, 0.25) is 0 Å². The van der Waals surface area contributed by atoms with E-state index in [0.717, 1.165) is 5.82 Å². The molecule has 0 aliphatic heterocycles. The van der Waals surface area contributed by atoms with Crippen LogP contribution in [0.3, 0.4) is 0 Å². The van der Waals surface area contributed by atoms with Gasteiger partial charge in [-0.25, -0.2) is 4.98 Å². The Balaban J connectivity index is 2.70. The zero-order valence-electron chi connectivity index (χ0n) is 9.33. The summed E-state index contributed by atoms with van der Waals surface area (Å²) in [5.41, 5.74) is 5.81. The van der Waals surface area contributed by atoms with E-state index in [1.54, 1.807) is 6.07 Å². The highest BCUT2D eigenvalue weighted by Gasteiger charge is 2.19. The second-order valence-electron chi connectivity index (χ2n) is 4.68. The standard InChI is InChI=1S/C11H19N3/c1-8(11(2,3)4)13-10-7-5-6-9(12)14-10/h5-8H,1-4H3,(H3,12,13,14). The molecule has 3 nitrogen and oxygen atoms in total. The van der Waals surface area contributed by atoms with Crippen LogP contribution in [0.1, 0.15) is 27.7 Å². The largest absolute Gasteiger partial charge is 0.384 e. The van der Waals surface area contributed by atoms with E-state index in [4.69, 9.17) is 5.73 Å². The number of nitrogens with zero attached hydrogens (tertiary/aromatic N) is 1. The molecule has 0 fully saturated rings. The molecule has 1 heterocycles. The van der Waals surface area contributed by atoms with E-state index >= 15 is 0 Å². The number of pyridine rings is 1. The van der Waals surface area contributed by atoms with Gasteiger partial charge in [0.05, 0.1) is 0 Å². The normalized spacial score (nSPS) is 13.7. The summed E-state index contributed by atoms with van der Waals surface area (Å²) in [5, 5.41) is 3.33. The number of rotatable bonds is 2. The maximum atomic E-state index is 5.59. The Morgan fingerprint density at radius 3 is 2.50 bits per heavy atom. The molecule has 0 saturated carbocycles. The Labute approximate surface area is 85.7 Å². The van der Waals surface area contributed by atoms with Crippen molar-refractivity contribution in [3.63, 3.8) is 0 Å². The summed E-state index contributed by atoms with van der Waals surface area (Å²) >= 11 is 0. The van der Waals surface area contributed by atoms with E-state index in [-0.39, 0.29) is 5.41 Å².